The number of nitrogens with one attached hydrogen (secondary N) is 2. The summed E-state index contributed by atoms with van der Waals surface area (Å²) in [5.74, 6) is -0.188. The third-order valence-corrected chi connectivity index (χ3v) is 4.98. The number of hydrogen-bond acceptors (Lipinski definition) is 4. The van der Waals surface area contributed by atoms with E-state index in [4.69, 9.17) is 4.74 Å². The van der Waals surface area contributed by atoms with Crippen molar-refractivity contribution in [2.45, 2.75) is 17.7 Å². The van der Waals surface area contributed by atoms with Crippen molar-refractivity contribution in [1.82, 2.24) is 10.0 Å². The maximum Gasteiger partial charge on any atom is 0.240 e. The Morgan fingerprint density at radius 2 is 1.83 bits per heavy atom. The summed E-state index contributed by atoms with van der Waals surface area (Å²) in [7, 11) is -2.03. The molecule has 0 aromatic heterocycles. The SMILES string of the molecule is COCCCNC(=O)CCNS(=O)(=O)c1ccc2ccccc2c1. The van der Waals surface area contributed by atoms with Gasteiger partial charge >= 0.3 is 0 Å². The fourth-order valence-electron chi connectivity index (χ4n) is 2.25. The predicted molar refractivity (Wildman–Crippen MR) is 93.3 cm³/mol. The average Bonchev–Trinajstić information content (AvgIpc) is 2.58. The third-order valence-electron chi connectivity index (χ3n) is 3.52. The largest absolute Gasteiger partial charge is 0.385 e. The molecule has 2 aromatic rings. The first kappa shape index (κ1) is 18.4. The fraction of sp³-hybridized carbons (Fsp3) is 0.353. The lowest BCUT2D eigenvalue weighted by Crippen LogP contribution is -2.31. The van der Waals surface area contributed by atoms with Crippen LogP contribution in [0.2, 0.25) is 0 Å². The topological polar surface area (TPSA) is 84.5 Å². The molecule has 0 saturated carbocycles. The maximum atomic E-state index is 12.3. The molecule has 0 saturated heterocycles. The van der Waals surface area contributed by atoms with E-state index in [1.54, 1.807) is 25.3 Å². The highest BCUT2D eigenvalue weighted by molar-refractivity contribution is 7.89. The molecule has 2 aromatic carbocycles. The summed E-state index contributed by atoms with van der Waals surface area (Å²) in [5.41, 5.74) is 0. The predicted octanol–water partition coefficient (Wildman–Crippen LogP) is 1.66. The van der Waals surface area contributed by atoms with Gasteiger partial charge in [0.25, 0.3) is 0 Å². The van der Waals surface area contributed by atoms with Crippen molar-refractivity contribution in [2.24, 2.45) is 0 Å². The highest BCUT2D eigenvalue weighted by Gasteiger charge is 2.14. The van der Waals surface area contributed by atoms with Crippen LogP contribution in [0, 0.1) is 0 Å². The second kappa shape index (κ2) is 8.77. The number of methoxy groups -OCH3 is 1. The van der Waals surface area contributed by atoms with Gasteiger partial charge < -0.3 is 10.1 Å². The molecule has 0 atom stereocenters. The summed E-state index contributed by atoms with van der Waals surface area (Å²) < 4.78 is 31.9. The molecule has 2 rings (SSSR count). The van der Waals surface area contributed by atoms with E-state index >= 15 is 0 Å². The summed E-state index contributed by atoms with van der Waals surface area (Å²) in [6, 6.07) is 12.5. The Labute approximate surface area is 142 Å². The van der Waals surface area contributed by atoms with Crippen LogP contribution in [0.5, 0.6) is 0 Å². The first-order chi connectivity index (χ1) is 11.5. The molecule has 0 spiro atoms. The van der Waals surface area contributed by atoms with Gasteiger partial charge in [-0.25, -0.2) is 13.1 Å². The van der Waals surface area contributed by atoms with Crippen molar-refractivity contribution in [1.29, 1.82) is 0 Å². The number of sulfonamides is 1. The van der Waals surface area contributed by atoms with E-state index in [2.05, 4.69) is 10.0 Å². The van der Waals surface area contributed by atoms with E-state index in [0.717, 1.165) is 17.2 Å². The zero-order valence-corrected chi connectivity index (χ0v) is 14.4. The third kappa shape index (κ3) is 5.30. The number of ether oxygens (including phenoxy) is 1. The van der Waals surface area contributed by atoms with Crippen LogP contribution in [-0.2, 0) is 19.6 Å². The molecule has 6 nitrogen and oxygen atoms in total. The molecule has 0 aliphatic heterocycles. The van der Waals surface area contributed by atoms with Crippen molar-refractivity contribution in [3.8, 4) is 0 Å². The van der Waals surface area contributed by atoms with Crippen molar-refractivity contribution in [2.75, 3.05) is 26.8 Å². The fourth-order valence-corrected chi connectivity index (χ4v) is 3.32. The number of hydrogen-bond donors (Lipinski definition) is 2. The van der Waals surface area contributed by atoms with E-state index in [1.165, 1.54) is 0 Å². The standard InChI is InChI=1S/C17H22N2O4S/c1-23-12-4-10-18-17(20)9-11-19-24(21,22)16-8-7-14-5-2-3-6-15(14)13-16/h2-3,5-8,13,19H,4,9-12H2,1H3,(H,18,20). The lowest BCUT2D eigenvalue weighted by Gasteiger charge is -2.08. The molecule has 7 heteroatoms. The van der Waals surface area contributed by atoms with Crippen molar-refractivity contribution >= 4 is 26.7 Å². The Kier molecular flexibility index (Phi) is 6.72. The van der Waals surface area contributed by atoms with Crippen molar-refractivity contribution < 1.29 is 17.9 Å². The number of benzene rings is 2. The van der Waals surface area contributed by atoms with Crippen molar-refractivity contribution in [3.05, 3.63) is 42.5 Å². The van der Waals surface area contributed by atoms with E-state index in [-0.39, 0.29) is 23.8 Å². The van der Waals surface area contributed by atoms with Crippen LogP contribution in [0.3, 0.4) is 0 Å². The molecular formula is C17H22N2O4S. The maximum absolute atomic E-state index is 12.3. The van der Waals surface area contributed by atoms with Crippen LogP contribution in [0.4, 0.5) is 0 Å². The van der Waals surface area contributed by atoms with Gasteiger partial charge in [-0.1, -0.05) is 30.3 Å². The summed E-state index contributed by atoms with van der Waals surface area (Å²) in [6.45, 7) is 1.16. The minimum atomic E-state index is -3.63. The first-order valence-corrected chi connectivity index (χ1v) is 9.25. The minimum Gasteiger partial charge on any atom is -0.385 e. The Morgan fingerprint density at radius 1 is 1.08 bits per heavy atom. The Morgan fingerprint density at radius 3 is 2.58 bits per heavy atom. The van der Waals surface area contributed by atoms with Gasteiger partial charge in [0, 0.05) is 33.2 Å². The number of rotatable bonds is 9. The number of carbonyl (C=O) groups excluding carboxylic acids is 1. The molecule has 130 valence electrons. The second-order valence-corrected chi connectivity index (χ2v) is 7.12. The summed E-state index contributed by atoms with van der Waals surface area (Å²) in [4.78, 5) is 11.8. The van der Waals surface area contributed by atoms with Crippen LogP contribution >= 0.6 is 0 Å². The molecule has 1 amide bonds. The average molecular weight is 350 g/mol. The Balaban J connectivity index is 1.87. The van der Waals surface area contributed by atoms with E-state index in [1.807, 2.05) is 24.3 Å². The monoisotopic (exact) mass is 350 g/mol. The van der Waals surface area contributed by atoms with Gasteiger partial charge in [-0.3, -0.25) is 4.79 Å². The van der Waals surface area contributed by atoms with E-state index in [9.17, 15) is 13.2 Å². The van der Waals surface area contributed by atoms with Crippen LogP contribution in [0.1, 0.15) is 12.8 Å². The normalized spacial score (nSPS) is 11.5. The van der Waals surface area contributed by atoms with Crippen LogP contribution in [0.15, 0.2) is 47.4 Å². The van der Waals surface area contributed by atoms with Gasteiger partial charge in [0.15, 0.2) is 0 Å². The van der Waals surface area contributed by atoms with Gasteiger partial charge in [0.2, 0.25) is 15.9 Å². The first-order valence-electron chi connectivity index (χ1n) is 7.77. The lowest BCUT2D eigenvalue weighted by molar-refractivity contribution is -0.120. The summed E-state index contributed by atoms with van der Waals surface area (Å²) >= 11 is 0. The van der Waals surface area contributed by atoms with Gasteiger partial charge in [0.1, 0.15) is 0 Å². The summed E-state index contributed by atoms with van der Waals surface area (Å²) in [5, 5.41) is 4.55. The van der Waals surface area contributed by atoms with Crippen LogP contribution in [0.25, 0.3) is 10.8 Å². The van der Waals surface area contributed by atoms with Gasteiger partial charge in [-0.15, -0.1) is 0 Å². The van der Waals surface area contributed by atoms with E-state index in [0.29, 0.717) is 13.2 Å². The Bertz CT molecular complexity index is 790. The number of carbonyl (C=O) groups is 1. The molecule has 0 aliphatic carbocycles. The molecular weight excluding hydrogens is 328 g/mol. The molecule has 0 radical (unpaired) electrons. The smallest absolute Gasteiger partial charge is 0.240 e. The van der Waals surface area contributed by atoms with Gasteiger partial charge in [0.05, 0.1) is 4.90 Å². The molecule has 0 unspecified atom stereocenters. The van der Waals surface area contributed by atoms with Gasteiger partial charge in [-0.2, -0.15) is 0 Å². The van der Waals surface area contributed by atoms with E-state index < -0.39 is 10.0 Å². The molecule has 0 heterocycles. The number of fused-ring (bicyclic) bond motifs is 1. The zero-order chi connectivity index (χ0) is 17.4. The second-order valence-electron chi connectivity index (χ2n) is 5.35. The molecule has 24 heavy (non-hydrogen) atoms. The zero-order valence-electron chi connectivity index (χ0n) is 13.6. The minimum absolute atomic E-state index is 0.0608. The summed E-state index contributed by atoms with van der Waals surface area (Å²) in [6.07, 6.45) is 0.824. The van der Waals surface area contributed by atoms with Gasteiger partial charge in [-0.05, 0) is 29.3 Å². The molecule has 0 bridgehead atoms. The molecule has 2 N–H and O–H groups in total. The lowest BCUT2D eigenvalue weighted by atomic mass is 10.1. The Hall–Kier alpha value is -1.96. The van der Waals surface area contributed by atoms with Crippen molar-refractivity contribution in [3.63, 3.8) is 0 Å². The van der Waals surface area contributed by atoms with Crippen LogP contribution in [-0.4, -0.2) is 41.1 Å². The highest BCUT2D eigenvalue weighted by Crippen LogP contribution is 2.18. The highest BCUT2D eigenvalue weighted by atomic mass is 32.2. The number of amides is 1. The quantitative estimate of drug-likeness (QED) is 0.674. The van der Waals surface area contributed by atoms with Crippen LogP contribution < -0.4 is 10.0 Å². The molecule has 0 fully saturated rings. The molecule has 0 aliphatic rings.